The van der Waals surface area contributed by atoms with Crippen LogP contribution >= 0.6 is 11.8 Å². The monoisotopic (exact) mass is 562 g/mol. The van der Waals surface area contributed by atoms with Gasteiger partial charge >= 0.3 is 5.97 Å². The van der Waals surface area contributed by atoms with Gasteiger partial charge in [-0.05, 0) is 61.8 Å². The van der Waals surface area contributed by atoms with E-state index in [0.717, 1.165) is 16.5 Å². The summed E-state index contributed by atoms with van der Waals surface area (Å²) in [6.07, 6.45) is 5.50. The van der Waals surface area contributed by atoms with Crippen molar-refractivity contribution in [2.75, 3.05) is 18.6 Å². The SMILES string of the molecule is CSCCC(NC(=O)C(CCCCN)NC(=O)C(Cc1c[nH]c2ccccc12)NC(=O)C(N)C(C)C)C(=O)O. The van der Waals surface area contributed by atoms with Crippen LogP contribution in [0.5, 0.6) is 0 Å². The fourth-order valence-corrected chi connectivity index (χ4v) is 4.57. The molecule has 12 heteroatoms. The first kappa shape index (κ1) is 32.1. The third kappa shape index (κ3) is 9.86. The predicted octanol–water partition coefficient (Wildman–Crippen LogP) is 1.11. The minimum Gasteiger partial charge on any atom is -0.480 e. The average Bonchev–Trinajstić information content (AvgIpc) is 3.31. The van der Waals surface area contributed by atoms with Crippen molar-refractivity contribution in [2.45, 2.75) is 70.1 Å². The molecule has 0 radical (unpaired) electrons. The summed E-state index contributed by atoms with van der Waals surface area (Å²) in [4.78, 5) is 54.4. The van der Waals surface area contributed by atoms with E-state index in [1.165, 1.54) is 11.8 Å². The number of carboxylic acids is 1. The van der Waals surface area contributed by atoms with Crippen LogP contribution in [-0.2, 0) is 25.6 Å². The Labute approximate surface area is 233 Å². The second-order valence-corrected chi connectivity index (χ2v) is 10.9. The zero-order valence-corrected chi connectivity index (χ0v) is 23.7. The normalized spacial score (nSPS) is 14.4. The van der Waals surface area contributed by atoms with Gasteiger partial charge in [0.25, 0.3) is 0 Å². The summed E-state index contributed by atoms with van der Waals surface area (Å²) in [5.74, 6) is -2.37. The largest absolute Gasteiger partial charge is 0.480 e. The van der Waals surface area contributed by atoms with Gasteiger partial charge in [0.15, 0.2) is 0 Å². The van der Waals surface area contributed by atoms with Gasteiger partial charge in [-0.3, -0.25) is 14.4 Å². The molecule has 0 spiro atoms. The van der Waals surface area contributed by atoms with Crippen molar-refractivity contribution in [3.05, 3.63) is 36.0 Å². The van der Waals surface area contributed by atoms with Crippen molar-refractivity contribution in [3.8, 4) is 0 Å². The van der Waals surface area contributed by atoms with E-state index in [0.29, 0.717) is 25.1 Å². The quantitative estimate of drug-likeness (QED) is 0.139. The number of aliphatic carboxylic acids is 1. The number of hydrogen-bond acceptors (Lipinski definition) is 7. The third-order valence-electron chi connectivity index (χ3n) is 6.56. The molecule has 216 valence electrons. The summed E-state index contributed by atoms with van der Waals surface area (Å²) in [6, 6.07) is 3.69. The van der Waals surface area contributed by atoms with Crippen LogP contribution in [0.2, 0.25) is 0 Å². The molecule has 0 aliphatic carbocycles. The lowest BCUT2D eigenvalue weighted by Gasteiger charge is -2.26. The molecule has 4 atom stereocenters. The average molecular weight is 563 g/mol. The van der Waals surface area contributed by atoms with Gasteiger partial charge in [0.1, 0.15) is 18.1 Å². The van der Waals surface area contributed by atoms with Gasteiger partial charge < -0.3 is 37.5 Å². The first-order valence-corrected chi connectivity index (χ1v) is 14.6. The van der Waals surface area contributed by atoms with E-state index in [1.807, 2.05) is 44.4 Å². The van der Waals surface area contributed by atoms with Crippen LogP contribution < -0.4 is 27.4 Å². The summed E-state index contributed by atoms with van der Waals surface area (Å²) >= 11 is 1.48. The number of fused-ring (bicyclic) bond motifs is 1. The van der Waals surface area contributed by atoms with Crippen LogP contribution in [0.25, 0.3) is 10.9 Å². The minimum atomic E-state index is -1.14. The molecule has 2 rings (SSSR count). The van der Waals surface area contributed by atoms with Crippen LogP contribution in [-0.4, -0.2) is 76.5 Å². The molecule has 0 aliphatic heterocycles. The van der Waals surface area contributed by atoms with E-state index >= 15 is 0 Å². The Hall–Kier alpha value is -3.09. The van der Waals surface area contributed by atoms with Gasteiger partial charge in [-0.15, -0.1) is 0 Å². The smallest absolute Gasteiger partial charge is 0.326 e. The zero-order chi connectivity index (χ0) is 28.9. The molecule has 4 unspecified atom stereocenters. The molecule has 0 aliphatic rings. The Morgan fingerprint density at radius 3 is 2.23 bits per heavy atom. The molecule has 11 nitrogen and oxygen atoms in total. The summed E-state index contributed by atoms with van der Waals surface area (Å²) in [5, 5.41) is 18.5. The van der Waals surface area contributed by atoms with Gasteiger partial charge in [0.2, 0.25) is 17.7 Å². The van der Waals surface area contributed by atoms with Crippen molar-refractivity contribution in [2.24, 2.45) is 17.4 Å². The fourth-order valence-electron chi connectivity index (χ4n) is 4.10. The van der Waals surface area contributed by atoms with Crippen molar-refractivity contribution < 1.29 is 24.3 Å². The van der Waals surface area contributed by atoms with E-state index in [1.54, 1.807) is 6.20 Å². The predicted molar refractivity (Wildman–Crippen MR) is 154 cm³/mol. The molecule has 1 aromatic carbocycles. The van der Waals surface area contributed by atoms with Crippen molar-refractivity contribution >= 4 is 46.4 Å². The number of carbonyl (C=O) groups excluding carboxylic acids is 3. The van der Waals surface area contributed by atoms with E-state index in [4.69, 9.17) is 11.5 Å². The summed E-state index contributed by atoms with van der Waals surface area (Å²) in [6.45, 7) is 4.04. The highest BCUT2D eigenvalue weighted by atomic mass is 32.2. The number of amides is 3. The fraction of sp³-hybridized carbons (Fsp3) is 0.556. The molecule has 9 N–H and O–H groups in total. The summed E-state index contributed by atoms with van der Waals surface area (Å²) in [7, 11) is 0. The molecule has 1 heterocycles. The Balaban J connectivity index is 2.28. The number of aromatic amines is 1. The number of rotatable bonds is 17. The van der Waals surface area contributed by atoms with Crippen molar-refractivity contribution in [3.63, 3.8) is 0 Å². The summed E-state index contributed by atoms with van der Waals surface area (Å²) < 4.78 is 0. The molecular formula is C27H42N6O5S. The maximum Gasteiger partial charge on any atom is 0.326 e. The van der Waals surface area contributed by atoms with Crippen LogP contribution in [0.3, 0.4) is 0 Å². The number of aromatic nitrogens is 1. The lowest BCUT2D eigenvalue weighted by molar-refractivity contribution is -0.142. The number of carbonyl (C=O) groups is 4. The number of nitrogens with one attached hydrogen (secondary N) is 4. The molecule has 3 amide bonds. The number of carboxylic acid groups (broad SMARTS) is 1. The van der Waals surface area contributed by atoms with Crippen molar-refractivity contribution in [1.82, 2.24) is 20.9 Å². The third-order valence-corrected chi connectivity index (χ3v) is 7.20. The number of benzene rings is 1. The van der Waals surface area contributed by atoms with Gasteiger partial charge in [0.05, 0.1) is 6.04 Å². The highest BCUT2D eigenvalue weighted by Crippen LogP contribution is 2.19. The molecule has 0 saturated heterocycles. The highest BCUT2D eigenvalue weighted by molar-refractivity contribution is 7.98. The van der Waals surface area contributed by atoms with E-state index in [2.05, 4.69) is 20.9 Å². The topological polar surface area (TPSA) is 192 Å². The number of unbranched alkanes of at least 4 members (excludes halogenated alkanes) is 1. The molecule has 0 saturated carbocycles. The van der Waals surface area contributed by atoms with E-state index in [9.17, 15) is 24.3 Å². The van der Waals surface area contributed by atoms with Crippen LogP contribution in [0, 0.1) is 5.92 Å². The second kappa shape index (κ2) is 16.1. The van der Waals surface area contributed by atoms with Crippen LogP contribution in [0.4, 0.5) is 0 Å². The first-order chi connectivity index (χ1) is 18.6. The molecule has 0 bridgehead atoms. The number of nitrogens with two attached hydrogens (primary N) is 2. The van der Waals surface area contributed by atoms with E-state index in [-0.39, 0.29) is 25.2 Å². The molecular weight excluding hydrogens is 520 g/mol. The van der Waals surface area contributed by atoms with Gasteiger partial charge in [-0.2, -0.15) is 11.8 Å². The highest BCUT2D eigenvalue weighted by Gasteiger charge is 2.31. The van der Waals surface area contributed by atoms with Crippen LogP contribution in [0.15, 0.2) is 30.5 Å². The van der Waals surface area contributed by atoms with Crippen LogP contribution in [0.1, 0.15) is 45.1 Å². The molecule has 2 aromatic rings. The number of thioether (sulfide) groups is 1. The van der Waals surface area contributed by atoms with Gasteiger partial charge in [-0.25, -0.2) is 4.79 Å². The number of H-pyrrole nitrogens is 1. The van der Waals surface area contributed by atoms with Gasteiger partial charge in [0, 0.05) is 23.5 Å². The zero-order valence-electron chi connectivity index (χ0n) is 22.9. The van der Waals surface area contributed by atoms with Gasteiger partial charge in [-0.1, -0.05) is 32.0 Å². The first-order valence-electron chi connectivity index (χ1n) is 13.2. The minimum absolute atomic E-state index is 0.147. The van der Waals surface area contributed by atoms with Crippen molar-refractivity contribution in [1.29, 1.82) is 0 Å². The lowest BCUT2D eigenvalue weighted by atomic mass is 10.0. The Kier molecular flexibility index (Phi) is 13.3. The maximum atomic E-state index is 13.6. The Bertz CT molecular complexity index is 1110. The second-order valence-electron chi connectivity index (χ2n) is 9.92. The molecule has 0 fully saturated rings. The maximum absolute atomic E-state index is 13.6. The summed E-state index contributed by atoms with van der Waals surface area (Å²) in [5.41, 5.74) is 13.4. The lowest BCUT2D eigenvalue weighted by Crippen LogP contribution is -2.58. The standard InChI is InChI=1S/C27H42N6O5S/c1-16(2)23(29)26(36)33-22(14-17-15-30-19-9-5-4-8-18(17)19)25(35)31-20(10-6-7-12-28)24(34)32-21(27(37)38)11-13-39-3/h4-5,8-9,15-16,20-23,30H,6-7,10-14,28-29H2,1-3H3,(H,31,35)(H,32,34)(H,33,36)(H,37,38). The number of para-hydroxylation sites is 1. The Morgan fingerprint density at radius 1 is 0.949 bits per heavy atom. The molecule has 1 aromatic heterocycles. The number of hydrogen-bond donors (Lipinski definition) is 7. The van der Waals surface area contributed by atoms with E-state index < -0.39 is 47.9 Å². The molecule has 39 heavy (non-hydrogen) atoms. The Morgan fingerprint density at radius 2 is 1.59 bits per heavy atom.